The van der Waals surface area contributed by atoms with E-state index in [0.717, 1.165) is 55.6 Å². The number of carbonyl (C=O) groups excluding carboxylic acids is 1. The van der Waals surface area contributed by atoms with E-state index in [-0.39, 0.29) is 21.7 Å². The van der Waals surface area contributed by atoms with Gasteiger partial charge in [0.25, 0.3) is 0 Å². The molecule has 4 aromatic carbocycles. The van der Waals surface area contributed by atoms with Crippen LogP contribution in [-0.2, 0) is 26.4 Å². The fourth-order valence-corrected chi connectivity index (χ4v) is 7.63. The standard InChI is InChI=1S/C49H67O6P/c1-30-20-22-40(36(26-30)45(5,6)7)53-56(54-41-23-21-31(2)27-37(41)46(8,9)10)55-43-35(25-33(4)29-39(43)48(14,15)16)34-24-32(3)28-38(47(11,12)13)42(34)51-44(50)52-49(17,18)19/h20-29H,1-19H3. The summed E-state index contributed by atoms with van der Waals surface area (Å²) in [6, 6.07) is 20.9. The first kappa shape index (κ1) is 44.7. The molecule has 0 aromatic heterocycles. The third kappa shape index (κ3) is 11.3. The van der Waals surface area contributed by atoms with Gasteiger partial charge >= 0.3 is 14.8 Å². The topological polar surface area (TPSA) is 63.2 Å². The molecular weight excluding hydrogens is 716 g/mol. The van der Waals surface area contributed by atoms with Crippen molar-refractivity contribution in [3.63, 3.8) is 0 Å². The van der Waals surface area contributed by atoms with Gasteiger partial charge in [-0.2, -0.15) is 0 Å². The first-order valence-electron chi connectivity index (χ1n) is 19.7. The number of aryl methyl sites for hydroxylation is 4. The quantitative estimate of drug-likeness (QED) is 0.101. The Kier molecular flexibility index (Phi) is 12.8. The first-order chi connectivity index (χ1) is 25.4. The SMILES string of the molecule is Cc1ccc(OP(Oc2ccc(C)cc2C(C)(C)C)Oc2c(-c3cc(C)cc(C(C)(C)C)c3OC(=O)OC(C)(C)C)cc(C)cc2C(C)(C)C)c(C(C)(C)C)c1. The van der Waals surface area contributed by atoms with Crippen LogP contribution in [-0.4, -0.2) is 11.8 Å². The van der Waals surface area contributed by atoms with E-state index in [1.807, 2.05) is 32.9 Å². The van der Waals surface area contributed by atoms with Gasteiger partial charge in [-0.15, -0.1) is 0 Å². The third-order valence-corrected chi connectivity index (χ3v) is 10.4. The second kappa shape index (κ2) is 16.1. The molecule has 0 amide bonds. The van der Waals surface area contributed by atoms with Crippen LogP contribution in [0.3, 0.4) is 0 Å². The molecule has 56 heavy (non-hydrogen) atoms. The number of rotatable bonds is 8. The van der Waals surface area contributed by atoms with E-state index in [9.17, 15) is 4.79 Å². The summed E-state index contributed by atoms with van der Waals surface area (Å²) in [6.07, 6.45) is -0.767. The van der Waals surface area contributed by atoms with Crippen molar-refractivity contribution in [1.82, 2.24) is 0 Å². The van der Waals surface area contributed by atoms with Crippen molar-refractivity contribution in [2.24, 2.45) is 0 Å². The van der Waals surface area contributed by atoms with E-state index in [0.29, 0.717) is 23.0 Å². The van der Waals surface area contributed by atoms with Crippen molar-refractivity contribution in [3.8, 4) is 34.1 Å². The summed E-state index contributed by atoms with van der Waals surface area (Å²) < 4.78 is 33.2. The maximum absolute atomic E-state index is 13.5. The normalized spacial score (nSPS) is 12.8. The zero-order valence-corrected chi connectivity index (χ0v) is 38.6. The molecule has 7 heteroatoms. The molecule has 0 heterocycles. The zero-order chi connectivity index (χ0) is 42.3. The van der Waals surface area contributed by atoms with Gasteiger partial charge in [0.2, 0.25) is 0 Å². The van der Waals surface area contributed by atoms with Crippen LogP contribution in [0.5, 0.6) is 23.0 Å². The molecule has 0 aliphatic carbocycles. The van der Waals surface area contributed by atoms with Crippen molar-refractivity contribution < 1.29 is 27.8 Å². The largest absolute Gasteiger partial charge is 0.530 e. The van der Waals surface area contributed by atoms with Gasteiger partial charge in [0.15, 0.2) is 0 Å². The van der Waals surface area contributed by atoms with E-state index >= 15 is 0 Å². The highest BCUT2D eigenvalue weighted by Crippen LogP contribution is 2.53. The predicted molar refractivity (Wildman–Crippen MR) is 234 cm³/mol. The fraction of sp³-hybridized carbons (Fsp3) is 0.490. The van der Waals surface area contributed by atoms with Gasteiger partial charge in [-0.1, -0.05) is 131 Å². The first-order valence-corrected chi connectivity index (χ1v) is 20.8. The highest BCUT2D eigenvalue weighted by molar-refractivity contribution is 7.43. The Balaban J connectivity index is 2.08. The second-order valence-corrected chi connectivity index (χ2v) is 21.4. The molecule has 0 saturated carbocycles. The van der Waals surface area contributed by atoms with Crippen LogP contribution in [0, 0.1) is 27.7 Å². The predicted octanol–water partition coefficient (Wildman–Crippen LogP) is 14.9. The minimum Gasteiger partial charge on any atom is -0.428 e. The minimum absolute atomic E-state index is 0.215. The maximum atomic E-state index is 13.5. The van der Waals surface area contributed by atoms with Crippen LogP contribution in [0.1, 0.15) is 148 Å². The van der Waals surface area contributed by atoms with Crippen LogP contribution in [0.15, 0.2) is 60.7 Å². The lowest BCUT2D eigenvalue weighted by molar-refractivity contribution is 0.0204. The van der Waals surface area contributed by atoms with Gasteiger partial charge in [0.05, 0.1) is 0 Å². The lowest BCUT2D eigenvalue weighted by Crippen LogP contribution is -2.27. The molecule has 4 rings (SSSR count). The van der Waals surface area contributed by atoms with Gasteiger partial charge in [0.1, 0.15) is 28.6 Å². The summed E-state index contributed by atoms with van der Waals surface area (Å²) in [7, 11) is -2.13. The number of ether oxygens (including phenoxy) is 2. The van der Waals surface area contributed by atoms with Gasteiger partial charge < -0.3 is 23.0 Å². The summed E-state index contributed by atoms with van der Waals surface area (Å²) in [5.41, 5.74) is 7.87. The molecule has 6 nitrogen and oxygen atoms in total. The molecule has 0 unspecified atom stereocenters. The van der Waals surface area contributed by atoms with Crippen LogP contribution >= 0.6 is 8.60 Å². The summed E-state index contributed by atoms with van der Waals surface area (Å²) in [5.74, 6) is 2.43. The molecule has 0 bridgehead atoms. The van der Waals surface area contributed by atoms with E-state index in [1.54, 1.807) is 0 Å². The molecule has 0 N–H and O–H groups in total. The summed E-state index contributed by atoms with van der Waals surface area (Å²) in [6.45, 7) is 39.8. The summed E-state index contributed by atoms with van der Waals surface area (Å²) in [5, 5.41) is 0. The van der Waals surface area contributed by atoms with Crippen LogP contribution in [0.25, 0.3) is 11.1 Å². The van der Waals surface area contributed by atoms with Crippen molar-refractivity contribution in [3.05, 3.63) is 105 Å². The number of carbonyl (C=O) groups is 1. The Labute approximate surface area is 339 Å². The van der Waals surface area contributed by atoms with Gasteiger partial charge in [-0.25, -0.2) is 4.79 Å². The average Bonchev–Trinajstić information content (AvgIpc) is 3.01. The van der Waals surface area contributed by atoms with E-state index in [2.05, 4.69) is 159 Å². The lowest BCUT2D eigenvalue weighted by Gasteiger charge is -2.31. The molecule has 0 saturated heterocycles. The van der Waals surface area contributed by atoms with Crippen molar-refractivity contribution in [2.45, 2.75) is 159 Å². The molecule has 0 spiro atoms. The minimum atomic E-state index is -2.13. The van der Waals surface area contributed by atoms with Gasteiger partial charge in [-0.05, 0) is 106 Å². The highest BCUT2D eigenvalue weighted by atomic mass is 31.2. The van der Waals surface area contributed by atoms with E-state index in [1.165, 1.54) is 0 Å². The second-order valence-electron chi connectivity index (χ2n) is 20.4. The van der Waals surface area contributed by atoms with Crippen molar-refractivity contribution >= 4 is 14.8 Å². The average molecular weight is 783 g/mol. The molecule has 0 aliphatic heterocycles. The van der Waals surface area contributed by atoms with E-state index < -0.39 is 20.4 Å². The Hall–Kier alpha value is -4.02. The van der Waals surface area contributed by atoms with Gasteiger partial charge in [-0.3, -0.25) is 0 Å². The van der Waals surface area contributed by atoms with Crippen LogP contribution < -0.4 is 18.3 Å². The molecule has 4 aromatic rings. The monoisotopic (exact) mass is 782 g/mol. The Morgan fingerprint density at radius 1 is 0.446 bits per heavy atom. The molecule has 0 fully saturated rings. The fourth-order valence-electron chi connectivity index (χ4n) is 6.53. The smallest absolute Gasteiger partial charge is 0.428 e. The van der Waals surface area contributed by atoms with E-state index in [4.69, 9.17) is 23.0 Å². The van der Waals surface area contributed by atoms with Crippen molar-refractivity contribution in [1.29, 1.82) is 0 Å². The zero-order valence-electron chi connectivity index (χ0n) is 37.7. The Morgan fingerprint density at radius 3 is 1.18 bits per heavy atom. The molecular formula is C49H67O6P. The molecule has 0 radical (unpaired) electrons. The lowest BCUT2D eigenvalue weighted by atomic mass is 9.80. The van der Waals surface area contributed by atoms with Crippen LogP contribution in [0.2, 0.25) is 0 Å². The summed E-state index contributed by atoms with van der Waals surface area (Å²) >= 11 is 0. The molecule has 304 valence electrons. The Morgan fingerprint density at radius 2 is 0.804 bits per heavy atom. The van der Waals surface area contributed by atoms with Crippen LogP contribution in [0.4, 0.5) is 4.79 Å². The number of hydrogen-bond acceptors (Lipinski definition) is 6. The maximum Gasteiger partial charge on any atom is 0.530 e. The highest BCUT2D eigenvalue weighted by Gasteiger charge is 2.34. The Bertz CT molecular complexity index is 1990. The third-order valence-electron chi connectivity index (χ3n) is 9.35. The molecule has 0 atom stereocenters. The number of hydrogen-bond donors (Lipinski definition) is 0. The van der Waals surface area contributed by atoms with Crippen molar-refractivity contribution in [2.75, 3.05) is 0 Å². The summed E-state index contributed by atoms with van der Waals surface area (Å²) in [4.78, 5) is 13.5. The number of benzene rings is 4. The molecule has 0 aliphatic rings. The van der Waals surface area contributed by atoms with Gasteiger partial charge in [0, 0.05) is 33.4 Å².